The van der Waals surface area contributed by atoms with Crippen molar-refractivity contribution in [1.29, 1.82) is 0 Å². The first-order valence-corrected chi connectivity index (χ1v) is 37.9. The molecule has 6 atom stereocenters. The van der Waals surface area contributed by atoms with Crippen molar-refractivity contribution in [1.82, 2.24) is 0 Å². The van der Waals surface area contributed by atoms with E-state index < -0.39 is 97.5 Å². The highest BCUT2D eigenvalue weighted by Crippen LogP contribution is 2.45. The number of aliphatic hydroxyl groups is 1. The monoisotopic (exact) mass is 1270 g/mol. The lowest BCUT2D eigenvalue weighted by molar-refractivity contribution is -0.161. The van der Waals surface area contributed by atoms with Crippen molar-refractivity contribution in [3.8, 4) is 0 Å². The van der Waals surface area contributed by atoms with Gasteiger partial charge in [-0.15, -0.1) is 0 Å². The van der Waals surface area contributed by atoms with Crippen LogP contribution in [0.2, 0.25) is 0 Å². The molecule has 0 fully saturated rings. The molecule has 0 radical (unpaired) electrons. The van der Waals surface area contributed by atoms with E-state index in [0.717, 1.165) is 108 Å². The number of hydrogen-bond acceptors (Lipinski definition) is 15. The third-order valence-electron chi connectivity index (χ3n) is 15.7. The van der Waals surface area contributed by atoms with Gasteiger partial charge in [0.05, 0.1) is 26.4 Å². The molecule has 0 rings (SSSR count). The van der Waals surface area contributed by atoms with Crippen molar-refractivity contribution in [2.75, 3.05) is 39.6 Å². The molecule has 0 aliphatic carbocycles. The van der Waals surface area contributed by atoms with Crippen molar-refractivity contribution in [2.24, 2.45) is 17.8 Å². The molecule has 86 heavy (non-hydrogen) atoms. The minimum Gasteiger partial charge on any atom is -0.462 e. The predicted octanol–water partition coefficient (Wildman–Crippen LogP) is 18.7. The number of esters is 4. The second-order valence-corrected chi connectivity index (χ2v) is 28.3. The average molecular weight is 1270 g/mol. The quantitative estimate of drug-likeness (QED) is 0.0222. The Morgan fingerprint density at radius 1 is 0.337 bits per heavy atom. The maximum atomic E-state index is 13.0. The Bertz CT molecular complexity index is 1700. The lowest BCUT2D eigenvalue weighted by Crippen LogP contribution is -2.30. The third-order valence-corrected chi connectivity index (χ3v) is 17.6. The van der Waals surface area contributed by atoms with Crippen LogP contribution >= 0.6 is 15.6 Å². The molecule has 0 bridgehead atoms. The van der Waals surface area contributed by atoms with Crippen LogP contribution in [0.15, 0.2) is 0 Å². The Morgan fingerprint density at radius 3 is 0.884 bits per heavy atom. The third kappa shape index (κ3) is 59.7. The minimum absolute atomic E-state index is 0.102. The summed E-state index contributed by atoms with van der Waals surface area (Å²) in [6.45, 7) is 11.7. The van der Waals surface area contributed by atoms with Gasteiger partial charge in [0.25, 0.3) is 0 Å². The molecule has 0 aromatic heterocycles. The lowest BCUT2D eigenvalue weighted by Gasteiger charge is -2.21. The van der Waals surface area contributed by atoms with Gasteiger partial charge in [-0.1, -0.05) is 280 Å². The maximum absolute atomic E-state index is 13.0. The zero-order valence-corrected chi connectivity index (χ0v) is 57.6. The number of rotatable bonds is 65. The fourth-order valence-corrected chi connectivity index (χ4v) is 11.6. The zero-order chi connectivity index (χ0) is 63.8. The fourth-order valence-electron chi connectivity index (χ4n) is 9.98. The van der Waals surface area contributed by atoms with Crippen LogP contribution in [-0.4, -0.2) is 96.7 Å². The van der Waals surface area contributed by atoms with Gasteiger partial charge in [0.15, 0.2) is 12.2 Å². The normalized spacial score (nSPS) is 14.6. The van der Waals surface area contributed by atoms with E-state index in [4.69, 9.17) is 37.0 Å². The van der Waals surface area contributed by atoms with Crippen LogP contribution in [0.3, 0.4) is 0 Å². The van der Waals surface area contributed by atoms with Gasteiger partial charge < -0.3 is 33.8 Å². The van der Waals surface area contributed by atoms with Crippen molar-refractivity contribution in [3.63, 3.8) is 0 Å². The van der Waals surface area contributed by atoms with Gasteiger partial charge in [-0.2, -0.15) is 0 Å². The van der Waals surface area contributed by atoms with Gasteiger partial charge in [-0.25, -0.2) is 9.13 Å². The van der Waals surface area contributed by atoms with Gasteiger partial charge in [-0.05, 0) is 43.4 Å². The second-order valence-electron chi connectivity index (χ2n) is 25.4. The highest BCUT2D eigenvalue weighted by atomic mass is 31.2. The van der Waals surface area contributed by atoms with E-state index in [-0.39, 0.29) is 25.7 Å². The van der Waals surface area contributed by atoms with E-state index in [1.807, 2.05) is 0 Å². The Labute approximate surface area is 524 Å². The van der Waals surface area contributed by atoms with Gasteiger partial charge in [0.2, 0.25) is 0 Å². The summed E-state index contributed by atoms with van der Waals surface area (Å²) in [6.07, 6.45) is 40.4. The summed E-state index contributed by atoms with van der Waals surface area (Å²) in [5.41, 5.74) is 0. The standard InChI is InChI=1S/C67H130O17P2/c1-8-10-11-12-13-14-15-16-19-22-25-34-41-48-64(69)77-54-62(83-66(71)50-43-36-26-23-20-17-18-21-24-31-38-45-58(3)4)56-81-85(73,74)79-52-61(68)53-80-86(75,76)82-57-63(55-78-65(70)49-42-35-29-27-32-39-46-59(5)6)84-67(72)51-44-37-30-28-33-40-47-60(7)9-2/h58-63,68H,8-57H2,1-7H3,(H,73,74)(H,75,76)/t60?,61-,62-,63-/m1/s1. The van der Waals surface area contributed by atoms with E-state index in [2.05, 4.69) is 48.5 Å². The highest BCUT2D eigenvalue weighted by Gasteiger charge is 2.30. The first-order valence-electron chi connectivity index (χ1n) is 34.9. The molecule has 0 aliphatic heterocycles. The van der Waals surface area contributed by atoms with Crippen LogP contribution in [0.5, 0.6) is 0 Å². The van der Waals surface area contributed by atoms with Crippen molar-refractivity contribution >= 4 is 39.5 Å². The maximum Gasteiger partial charge on any atom is 0.472 e. The Hall–Kier alpha value is -1.94. The lowest BCUT2D eigenvalue weighted by atomic mass is 10.00. The molecule has 510 valence electrons. The average Bonchev–Trinajstić information content (AvgIpc) is 3.49. The van der Waals surface area contributed by atoms with Crippen LogP contribution in [-0.2, 0) is 65.4 Å². The molecule has 0 aliphatic rings. The molecular formula is C67H130O17P2. The number of ether oxygens (including phenoxy) is 4. The Balaban J connectivity index is 5.25. The van der Waals surface area contributed by atoms with Crippen molar-refractivity contribution in [2.45, 2.75) is 349 Å². The molecule has 0 heterocycles. The van der Waals surface area contributed by atoms with Crippen LogP contribution in [0.4, 0.5) is 0 Å². The molecule has 0 aromatic rings. The molecule has 0 spiro atoms. The molecule has 0 saturated carbocycles. The molecule has 0 saturated heterocycles. The van der Waals surface area contributed by atoms with Crippen molar-refractivity contribution in [3.05, 3.63) is 0 Å². The van der Waals surface area contributed by atoms with Gasteiger partial charge in [0.1, 0.15) is 19.3 Å². The zero-order valence-electron chi connectivity index (χ0n) is 55.8. The number of carbonyl (C=O) groups excluding carboxylic acids is 4. The molecule has 0 aromatic carbocycles. The van der Waals surface area contributed by atoms with Gasteiger partial charge in [0, 0.05) is 25.7 Å². The second kappa shape index (κ2) is 58.2. The number of carbonyl (C=O) groups is 4. The summed E-state index contributed by atoms with van der Waals surface area (Å²) in [6, 6.07) is 0. The van der Waals surface area contributed by atoms with Crippen LogP contribution in [0, 0.1) is 17.8 Å². The number of aliphatic hydroxyl groups excluding tert-OH is 1. The Kier molecular flexibility index (Phi) is 56.9. The van der Waals surface area contributed by atoms with Gasteiger partial charge >= 0.3 is 39.5 Å². The van der Waals surface area contributed by atoms with Crippen LogP contribution in [0.1, 0.15) is 331 Å². The topological polar surface area (TPSA) is 237 Å². The molecule has 17 nitrogen and oxygen atoms in total. The number of hydrogen-bond donors (Lipinski definition) is 3. The van der Waals surface area contributed by atoms with Gasteiger partial charge in [-0.3, -0.25) is 37.3 Å². The van der Waals surface area contributed by atoms with E-state index in [9.17, 15) is 43.2 Å². The fraction of sp³-hybridized carbons (Fsp3) is 0.940. The summed E-state index contributed by atoms with van der Waals surface area (Å²) < 4.78 is 68.1. The molecule has 0 amide bonds. The van der Waals surface area contributed by atoms with E-state index >= 15 is 0 Å². The molecular weight excluding hydrogens is 1140 g/mol. The Morgan fingerprint density at radius 2 is 0.593 bits per heavy atom. The predicted molar refractivity (Wildman–Crippen MR) is 344 cm³/mol. The summed E-state index contributed by atoms with van der Waals surface area (Å²) in [4.78, 5) is 72.3. The highest BCUT2D eigenvalue weighted by molar-refractivity contribution is 7.47. The number of phosphoric ester groups is 2. The minimum atomic E-state index is -4.95. The van der Waals surface area contributed by atoms with Crippen molar-refractivity contribution < 1.29 is 80.2 Å². The summed E-state index contributed by atoms with van der Waals surface area (Å²) in [5.74, 6) is 0.0305. The summed E-state index contributed by atoms with van der Waals surface area (Å²) in [7, 11) is -9.89. The smallest absolute Gasteiger partial charge is 0.462 e. The first kappa shape index (κ1) is 84.1. The van der Waals surface area contributed by atoms with E-state index in [1.54, 1.807) is 0 Å². The van der Waals surface area contributed by atoms with Crippen LogP contribution in [0.25, 0.3) is 0 Å². The summed E-state index contributed by atoms with van der Waals surface area (Å²) in [5, 5.41) is 10.6. The van der Waals surface area contributed by atoms with E-state index in [1.165, 1.54) is 135 Å². The number of unbranched alkanes of at least 4 members (excludes halogenated alkanes) is 32. The molecule has 19 heteroatoms. The first-order chi connectivity index (χ1) is 41.3. The number of phosphoric acid groups is 2. The SMILES string of the molecule is CCCCCCCCCCCCCCCC(=O)OC[C@H](COP(=O)(O)OC[C@@H](O)COP(=O)(O)OC[C@@H](COC(=O)CCCCCCCCC(C)C)OC(=O)CCCCCCCCC(C)CC)OC(=O)CCCCCCCCCCCCCC(C)C. The summed E-state index contributed by atoms with van der Waals surface area (Å²) >= 11 is 0. The van der Waals surface area contributed by atoms with Crippen LogP contribution < -0.4 is 0 Å². The molecule has 3 N–H and O–H groups in total. The largest absolute Gasteiger partial charge is 0.472 e. The molecule has 3 unspecified atom stereocenters. The van der Waals surface area contributed by atoms with E-state index in [0.29, 0.717) is 31.6 Å².